The molecule has 1 N–H and O–H groups in total. The summed E-state index contributed by atoms with van der Waals surface area (Å²) in [7, 11) is 0. The maximum absolute atomic E-state index is 13.0. The van der Waals surface area contributed by atoms with Gasteiger partial charge in [0.15, 0.2) is 0 Å². The molecule has 2 fully saturated rings. The number of hydrogen-bond donors (Lipinski definition) is 1. The lowest BCUT2D eigenvalue weighted by Gasteiger charge is -2.40. The van der Waals surface area contributed by atoms with E-state index in [0.717, 1.165) is 42.8 Å². The molecule has 0 radical (unpaired) electrons. The van der Waals surface area contributed by atoms with Crippen LogP contribution >= 0.6 is 11.3 Å². The zero-order chi connectivity index (χ0) is 19.1. The number of aryl methyl sites for hydroxylation is 2. The Kier molecular flexibility index (Phi) is 4.69. The number of rotatable bonds is 4. The van der Waals surface area contributed by atoms with E-state index in [1.54, 1.807) is 11.3 Å². The minimum absolute atomic E-state index is 0.0293. The highest BCUT2D eigenvalue weighted by Gasteiger charge is 2.40. The molecule has 1 unspecified atom stereocenters. The Bertz CT molecular complexity index is 873. The lowest BCUT2D eigenvalue weighted by molar-refractivity contribution is 0.0493. The van der Waals surface area contributed by atoms with Crippen LogP contribution in [0.2, 0.25) is 0 Å². The van der Waals surface area contributed by atoms with E-state index in [0.29, 0.717) is 19.1 Å². The van der Waals surface area contributed by atoms with Crippen molar-refractivity contribution in [2.24, 2.45) is 0 Å². The first kappa shape index (κ1) is 17.9. The highest BCUT2D eigenvalue weighted by Crippen LogP contribution is 2.31. The van der Waals surface area contributed by atoms with Gasteiger partial charge in [0.25, 0.3) is 11.8 Å². The van der Waals surface area contributed by atoms with Gasteiger partial charge in [-0.15, -0.1) is 11.3 Å². The second-order valence-electron chi connectivity index (χ2n) is 8.04. The lowest BCUT2D eigenvalue weighted by atomic mass is 10.1. The van der Waals surface area contributed by atoms with Crippen molar-refractivity contribution in [3.63, 3.8) is 0 Å². The molecule has 0 saturated carbocycles. The maximum Gasteiger partial charge on any atom is 0.261 e. The van der Waals surface area contributed by atoms with Gasteiger partial charge in [0.1, 0.15) is 0 Å². The first-order valence-corrected chi connectivity index (χ1v) is 11.0. The summed E-state index contributed by atoms with van der Waals surface area (Å²) in [5.41, 5.74) is 2.11. The molecule has 28 heavy (non-hydrogen) atoms. The third kappa shape index (κ3) is 3.25. The Morgan fingerprint density at radius 1 is 1.14 bits per heavy atom. The molecule has 1 aromatic heterocycles. The van der Waals surface area contributed by atoms with Gasteiger partial charge in [0.05, 0.1) is 4.88 Å². The van der Waals surface area contributed by atoms with E-state index in [1.165, 1.54) is 16.9 Å². The summed E-state index contributed by atoms with van der Waals surface area (Å²) in [6, 6.07) is 12.1. The predicted molar refractivity (Wildman–Crippen MR) is 110 cm³/mol. The van der Waals surface area contributed by atoms with Crippen molar-refractivity contribution in [2.45, 2.75) is 37.8 Å². The van der Waals surface area contributed by atoms with Crippen LogP contribution < -0.4 is 5.32 Å². The van der Waals surface area contributed by atoms with E-state index in [9.17, 15) is 9.59 Å². The molecule has 146 valence electrons. The number of nitrogens with one attached hydrogen (secondary N) is 1. The van der Waals surface area contributed by atoms with Gasteiger partial charge in [-0.2, -0.15) is 0 Å². The largest absolute Gasteiger partial charge is 0.350 e. The Balaban J connectivity index is 1.25. The summed E-state index contributed by atoms with van der Waals surface area (Å²) in [5, 5.41) is 3.13. The third-order valence-electron chi connectivity index (χ3n) is 6.31. The van der Waals surface area contributed by atoms with Gasteiger partial charge in [-0.25, -0.2) is 0 Å². The van der Waals surface area contributed by atoms with E-state index in [4.69, 9.17) is 0 Å². The van der Waals surface area contributed by atoms with Crippen LogP contribution in [-0.4, -0.2) is 59.9 Å². The van der Waals surface area contributed by atoms with Crippen LogP contribution in [0.5, 0.6) is 0 Å². The van der Waals surface area contributed by atoms with Crippen LogP contribution in [0.25, 0.3) is 0 Å². The quantitative estimate of drug-likeness (QED) is 0.866. The first-order valence-electron chi connectivity index (χ1n) is 10.2. The molecule has 6 heteroatoms. The zero-order valence-electron chi connectivity index (χ0n) is 15.9. The molecule has 2 aliphatic heterocycles. The van der Waals surface area contributed by atoms with E-state index < -0.39 is 0 Å². The molecule has 1 aliphatic carbocycles. The van der Waals surface area contributed by atoms with Crippen molar-refractivity contribution in [1.82, 2.24) is 15.1 Å². The minimum atomic E-state index is 0.0293. The fourth-order valence-corrected chi connectivity index (χ4v) is 5.94. The molecule has 0 spiro atoms. The highest BCUT2D eigenvalue weighted by molar-refractivity contribution is 7.14. The molecule has 1 aromatic carbocycles. The number of carbonyl (C=O) groups is 2. The minimum Gasteiger partial charge on any atom is -0.350 e. The molecular formula is C22H25N3O2S. The van der Waals surface area contributed by atoms with Crippen LogP contribution in [0.15, 0.2) is 36.4 Å². The molecule has 2 aromatic rings. The van der Waals surface area contributed by atoms with Crippen LogP contribution in [0.1, 0.15) is 43.3 Å². The molecule has 5 nitrogen and oxygen atoms in total. The number of piperazine rings is 1. The van der Waals surface area contributed by atoms with Crippen molar-refractivity contribution in [2.75, 3.05) is 26.2 Å². The van der Waals surface area contributed by atoms with Crippen LogP contribution in [0, 0.1) is 0 Å². The average Bonchev–Trinajstić information content (AvgIpc) is 3.43. The Morgan fingerprint density at radius 3 is 2.82 bits per heavy atom. The first-order chi connectivity index (χ1) is 13.7. The Labute approximate surface area is 169 Å². The zero-order valence-corrected chi connectivity index (χ0v) is 16.7. The van der Waals surface area contributed by atoms with Crippen molar-refractivity contribution in [3.8, 4) is 0 Å². The van der Waals surface area contributed by atoms with Crippen molar-refractivity contribution < 1.29 is 9.59 Å². The molecule has 5 rings (SSSR count). The van der Waals surface area contributed by atoms with Gasteiger partial charge in [-0.3, -0.25) is 14.5 Å². The summed E-state index contributed by atoms with van der Waals surface area (Å²) in [4.78, 5) is 32.3. The van der Waals surface area contributed by atoms with Gasteiger partial charge < -0.3 is 10.2 Å². The number of thiophene rings is 1. The normalized spacial score (nSPS) is 25.6. The van der Waals surface area contributed by atoms with E-state index in [2.05, 4.69) is 16.3 Å². The summed E-state index contributed by atoms with van der Waals surface area (Å²) < 4.78 is 0. The maximum atomic E-state index is 13.0. The molecule has 2 saturated heterocycles. The Morgan fingerprint density at radius 2 is 2.00 bits per heavy atom. The average molecular weight is 396 g/mol. The summed E-state index contributed by atoms with van der Waals surface area (Å²) >= 11 is 1.64. The monoisotopic (exact) mass is 395 g/mol. The van der Waals surface area contributed by atoms with E-state index in [1.807, 2.05) is 35.2 Å². The van der Waals surface area contributed by atoms with E-state index in [-0.39, 0.29) is 17.9 Å². The predicted octanol–water partition coefficient (Wildman–Crippen LogP) is 2.57. The lowest BCUT2D eigenvalue weighted by Crippen LogP contribution is -2.57. The van der Waals surface area contributed by atoms with Gasteiger partial charge in [0, 0.05) is 48.7 Å². The Hall–Kier alpha value is -2.18. The van der Waals surface area contributed by atoms with Crippen molar-refractivity contribution in [1.29, 1.82) is 0 Å². The van der Waals surface area contributed by atoms with Crippen LogP contribution in [-0.2, 0) is 12.8 Å². The number of carbonyl (C=O) groups excluding carboxylic acids is 2. The topological polar surface area (TPSA) is 52.7 Å². The number of benzene rings is 1. The molecule has 3 aliphatic rings. The number of nitrogens with zero attached hydrogens (tertiary/aromatic N) is 2. The van der Waals surface area contributed by atoms with Gasteiger partial charge in [-0.1, -0.05) is 18.2 Å². The molecular weight excluding hydrogens is 370 g/mol. The van der Waals surface area contributed by atoms with Crippen molar-refractivity contribution >= 4 is 23.2 Å². The molecule has 2 bridgehead atoms. The summed E-state index contributed by atoms with van der Waals surface area (Å²) in [6.07, 6.45) is 4.45. The van der Waals surface area contributed by atoms with Gasteiger partial charge >= 0.3 is 0 Å². The van der Waals surface area contributed by atoms with Gasteiger partial charge in [0.2, 0.25) is 0 Å². The van der Waals surface area contributed by atoms with Gasteiger partial charge in [-0.05, 0) is 49.4 Å². The second kappa shape index (κ2) is 7.33. The standard InChI is InChI=1S/C22H25N3O2S/c26-21(20-11-16-7-4-8-19(16)28-20)23-12-18-14-25(17-9-10-24(18)13-17)22(27)15-5-2-1-3-6-15/h1-3,5-6,11,17-18H,4,7-10,12-14H2,(H,23,26)/t17-,18+/m0/s1. The van der Waals surface area contributed by atoms with Crippen LogP contribution in [0.4, 0.5) is 0 Å². The smallest absolute Gasteiger partial charge is 0.261 e. The molecule has 3 heterocycles. The van der Waals surface area contributed by atoms with Crippen LogP contribution in [0.3, 0.4) is 0 Å². The molecule has 2 amide bonds. The third-order valence-corrected chi connectivity index (χ3v) is 7.55. The van der Waals surface area contributed by atoms with Crippen molar-refractivity contribution in [3.05, 3.63) is 57.3 Å². The van der Waals surface area contributed by atoms with E-state index >= 15 is 0 Å². The number of amides is 2. The SMILES string of the molecule is O=C(NC[C@@H]1CN(C(=O)c2ccccc2)[C@H]2CCN1C2)c1cc2c(s1)CCC2. The fourth-order valence-electron chi connectivity index (χ4n) is 4.77. The fraction of sp³-hybridized carbons (Fsp3) is 0.455. The summed E-state index contributed by atoms with van der Waals surface area (Å²) in [5.74, 6) is 0.139. The number of fused-ring (bicyclic) bond motifs is 3. The molecule has 3 atom stereocenters. The highest BCUT2D eigenvalue weighted by atomic mass is 32.1. The summed E-state index contributed by atoms with van der Waals surface area (Å²) in [6.45, 7) is 3.18. The number of hydrogen-bond acceptors (Lipinski definition) is 4. The second-order valence-corrected chi connectivity index (χ2v) is 9.17.